The van der Waals surface area contributed by atoms with E-state index in [4.69, 9.17) is 11.5 Å². The first kappa shape index (κ1) is 18.5. The molecule has 0 aromatic rings. The number of carbonyl (C=O) groups excluding carboxylic acids is 1. The van der Waals surface area contributed by atoms with Crippen LogP contribution in [0.25, 0.3) is 0 Å². The van der Waals surface area contributed by atoms with E-state index in [1.54, 1.807) is 6.08 Å². The molecule has 2 aliphatic carbocycles. The average molecular weight is 276 g/mol. The second-order valence-corrected chi connectivity index (χ2v) is 5.36. The molecule has 0 aromatic carbocycles. The van der Waals surface area contributed by atoms with Crippen molar-refractivity contribution < 1.29 is 9.90 Å². The zero-order valence-corrected chi connectivity index (χ0v) is 13.7. The molecule has 2 aliphatic rings. The lowest BCUT2D eigenvalue weighted by Gasteiger charge is -2.33. The number of fused-ring (bicyclic) bond motifs is 1. The van der Waals surface area contributed by atoms with Crippen LogP contribution in [0.3, 0.4) is 0 Å². The molecule has 0 bridgehead atoms. The lowest BCUT2D eigenvalue weighted by Crippen LogP contribution is -2.28. The quantitative estimate of drug-likeness (QED) is 0.391. The smallest absolute Gasteiger partial charge is 0.184 e. The van der Waals surface area contributed by atoms with Crippen molar-refractivity contribution in [2.75, 3.05) is 0 Å². The molecule has 1 fully saturated rings. The second-order valence-electron chi connectivity index (χ2n) is 5.36. The number of ketones is 1. The molecule has 0 aromatic heterocycles. The van der Waals surface area contributed by atoms with Crippen molar-refractivity contribution in [2.45, 2.75) is 60.8 Å². The van der Waals surface area contributed by atoms with Crippen LogP contribution in [0, 0.1) is 23.2 Å². The van der Waals surface area contributed by atoms with E-state index in [2.05, 4.69) is 19.8 Å². The van der Waals surface area contributed by atoms with Gasteiger partial charge in [-0.15, -0.1) is 6.42 Å². The molecule has 1 atom stereocenters. The van der Waals surface area contributed by atoms with E-state index in [9.17, 15) is 4.79 Å². The summed E-state index contributed by atoms with van der Waals surface area (Å²) in [7, 11) is 0. The molecule has 112 valence electrons. The van der Waals surface area contributed by atoms with Crippen LogP contribution < -0.4 is 0 Å². The zero-order valence-electron chi connectivity index (χ0n) is 13.7. The van der Waals surface area contributed by atoms with Crippen molar-refractivity contribution in [1.82, 2.24) is 0 Å². The fourth-order valence-corrected chi connectivity index (χ4v) is 2.91. The third-order valence-corrected chi connectivity index (χ3v) is 3.94. The van der Waals surface area contributed by atoms with Crippen LogP contribution in [0.5, 0.6) is 0 Å². The molecule has 0 heterocycles. The highest BCUT2D eigenvalue weighted by atomic mass is 16.2. The number of allylic oxidation sites excluding steroid dienone is 3. The minimum absolute atomic E-state index is 0.00299. The van der Waals surface area contributed by atoms with E-state index in [-0.39, 0.29) is 16.6 Å². The maximum absolute atomic E-state index is 11.7. The summed E-state index contributed by atoms with van der Waals surface area (Å²) in [6.45, 7) is 12.2. The van der Waals surface area contributed by atoms with Crippen molar-refractivity contribution >= 4 is 5.78 Å². The van der Waals surface area contributed by atoms with Gasteiger partial charge in [0.25, 0.3) is 0 Å². The Morgan fingerprint density at radius 1 is 1.25 bits per heavy atom. The number of rotatable bonds is 0. The maximum atomic E-state index is 11.7. The summed E-state index contributed by atoms with van der Waals surface area (Å²) in [4.78, 5) is 11.7. The van der Waals surface area contributed by atoms with Crippen LogP contribution in [-0.4, -0.2) is 10.9 Å². The van der Waals surface area contributed by atoms with Crippen LogP contribution in [-0.2, 0) is 4.79 Å². The third-order valence-electron chi connectivity index (χ3n) is 3.94. The van der Waals surface area contributed by atoms with E-state index < -0.39 is 0 Å². The predicted octanol–water partition coefficient (Wildman–Crippen LogP) is 4.82. The number of hydrogen-bond donors (Lipinski definition) is 1. The fraction of sp³-hybridized carbons (Fsp3) is 0.611. The highest BCUT2D eigenvalue weighted by Crippen LogP contribution is 2.57. The van der Waals surface area contributed by atoms with Gasteiger partial charge in [-0.2, -0.15) is 0 Å². The van der Waals surface area contributed by atoms with Gasteiger partial charge in [-0.3, -0.25) is 4.79 Å². The molecule has 0 aliphatic heterocycles. The molecule has 0 amide bonds. The molecule has 2 heteroatoms. The molecule has 1 unspecified atom stereocenters. The minimum atomic E-state index is -0.341. The van der Waals surface area contributed by atoms with Crippen molar-refractivity contribution in [1.29, 1.82) is 0 Å². The Bertz CT molecular complexity index is 447. The van der Waals surface area contributed by atoms with Gasteiger partial charge in [-0.05, 0) is 36.3 Å². The van der Waals surface area contributed by atoms with Gasteiger partial charge in [0, 0.05) is 5.57 Å². The van der Waals surface area contributed by atoms with Gasteiger partial charge in [0.05, 0.1) is 11.7 Å². The van der Waals surface area contributed by atoms with Gasteiger partial charge >= 0.3 is 0 Å². The minimum Gasteiger partial charge on any atom is -0.515 e. The Kier molecular flexibility index (Phi) is 6.79. The number of carbonyl (C=O) groups is 1. The van der Waals surface area contributed by atoms with Gasteiger partial charge in [0.15, 0.2) is 5.78 Å². The molecule has 0 radical (unpaired) electrons. The van der Waals surface area contributed by atoms with Crippen LogP contribution in [0.4, 0.5) is 0 Å². The van der Waals surface area contributed by atoms with Crippen LogP contribution in [0.15, 0.2) is 23.5 Å². The van der Waals surface area contributed by atoms with E-state index in [1.807, 2.05) is 27.7 Å². The molecule has 1 N–H and O–H groups in total. The predicted molar refractivity (Wildman–Crippen MR) is 85.4 cm³/mol. The van der Waals surface area contributed by atoms with Crippen LogP contribution >= 0.6 is 0 Å². The maximum Gasteiger partial charge on any atom is 0.184 e. The van der Waals surface area contributed by atoms with Gasteiger partial charge in [-0.1, -0.05) is 47.5 Å². The molecule has 2 rings (SSSR count). The van der Waals surface area contributed by atoms with Gasteiger partial charge < -0.3 is 5.11 Å². The Balaban J connectivity index is 0.000000829. The lowest BCUT2D eigenvalue weighted by molar-refractivity contribution is -0.112. The highest BCUT2D eigenvalue weighted by molar-refractivity contribution is 6.06. The van der Waals surface area contributed by atoms with Crippen molar-refractivity contribution in [2.24, 2.45) is 10.8 Å². The number of aliphatic hydroxyl groups is 1. The Morgan fingerprint density at radius 2 is 1.80 bits per heavy atom. The highest BCUT2D eigenvalue weighted by Gasteiger charge is 2.50. The first-order valence-electron chi connectivity index (χ1n) is 7.53. The largest absolute Gasteiger partial charge is 0.515 e. The van der Waals surface area contributed by atoms with E-state index in [0.29, 0.717) is 12.0 Å². The monoisotopic (exact) mass is 276 g/mol. The van der Waals surface area contributed by atoms with Crippen molar-refractivity contribution in [3.05, 3.63) is 23.5 Å². The summed E-state index contributed by atoms with van der Waals surface area (Å²) in [5, 5.41) is 9.04. The average Bonchev–Trinajstić information content (AvgIpc) is 2.75. The van der Waals surface area contributed by atoms with Gasteiger partial charge in [0.1, 0.15) is 0 Å². The fourth-order valence-electron chi connectivity index (χ4n) is 2.91. The first-order valence-corrected chi connectivity index (χ1v) is 7.53. The standard InChI is InChI=1S/C14H16O2.2C2H6/c1-4-14-6-5-13(2,3)12(14)7-11(16)10(8-14)9-15;2*1-2/h1,7,9,15H,5-6,8H2,2-3H3;2*1-2H3/b10-9-;;. The van der Waals surface area contributed by atoms with Gasteiger partial charge in [0.2, 0.25) is 0 Å². The molecule has 1 saturated carbocycles. The van der Waals surface area contributed by atoms with E-state index >= 15 is 0 Å². The third kappa shape index (κ3) is 3.15. The summed E-state index contributed by atoms with van der Waals surface area (Å²) in [6, 6.07) is 0. The zero-order chi connectivity index (χ0) is 16.0. The summed E-state index contributed by atoms with van der Waals surface area (Å²) in [6.07, 6.45) is 10.6. The van der Waals surface area contributed by atoms with E-state index in [0.717, 1.165) is 24.7 Å². The molecule has 2 nitrogen and oxygen atoms in total. The summed E-state index contributed by atoms with van der Waals surface area (Å²) >= 11 is 0. The summed E-state index contributed by atoms with van der Waals surface area (Å²) in [5.41, 5.74) is 1.16. The normalized spacial score (nSPS) is 28.1. The molecular weight excluding hydrogens is 248 g/mol. The van der Waals surface area contributed by atoms with Crippen molar-refractivity contribution in [3.63, 3.8) is 0 Å². The van der Waals surface area contributed by atoms with E-state index in [1.165, 1.54) is 0 Å². The Morgan fingerprint density at radius 3 is 2.25 bits per heavy atom. The van der Waals surface area contributed by atoms with Crippen LogP contribution in [0.1, 0.15) is 60.8 Å². The lowest BCUT2D eigenvalue weighted by atomic mass is 9.68. The second kappa shape index (κ2) is 7.33. The number of hydrogen-bond acceptors (Lipinski definition) is 2. The summed E-state index contributed by atoms with van der Waals surface area (Å²) < 4.78 is 0. The Hall–Kier alpha value is -1.49. The molecule has 0 spiro atoms. The van der Waals surface area contributed by atoms with Crippen molar-refractivity contribution in [3.8, 4) is 12.3 Å². The Labute approximate surface area is 124 Å². The number of terminal acetylenes is 1. The molecule has 20 heavy (non-hydrogen) atoms. The SMILES string of the molecule is C#CC12CCC(C)(C)C1=CC(=O)/C(=C\O)C2.CC.CC. The van der Waals surface area contributed by atoms with Gasteiger partial charge in [-0.25, -0.2) is 0 Å². The summed E-state index contributed by atoms with van der Waals surface area (Å²) in [5.74, 6) is 2.75. The molecular formula is C18H28O2. The number of aliphatic hydroxyl groups excluding tert-OH is 1. The first-order chi connectivity index (χ1) is 9.45. The topological polar surface area (TPSA) is 37.3 Å². The van der Waals surface area contributed by atoms with Crippen LogP contribution in [0.2, 0.25) is 0 Å². The molecule has 0 saturated heterocycles.